The molecule has 0 spiro atoms. The van der Waals surface area contributed by atoms with Crippen LogP contribution in [0.1, 0.15) is 5.76 Å². The fraction of sp³-hybridized carbons (Fsp3) is 0.231. The van der Waals surface area contributed by atoms with Gasteiger partial charge >= 0.3 is 0 Å². The van der Waals surface area contributed by atoms with E-state index in [4.69, 9.17) is 9.56 Å². The summed E-state index contributed by atoms with van der Waals surface area (Å²) in [5.74, 6) is 0.871. The van der Waals surface area contributed by atoms with E-state index in [1.165, 1.54) is 12.1 Å². The molecule has 0 atom stereocenters. The van der Waals surface area contributed by atoms with E-state index in [0.29, 0.717) is 18.1 Å². The van der Waals surface area contributed by atoms with Crippen molar-refractivity contribution in [2.75, 3.05) is 12.3 Å². The van der Waals surface area contributed by atoms with Crippen LogP contribution in [0.25, 0.3) is 11.3 Å². The monoisotopic (exact) mass is 298 g/mol. The van der Waals surface area contributed by atoms with Crippen molar-refractivity contribution >= 4 is 10.0 Å². The zero-order valence-electron chi connectivity index (χ0n) is 10.7. The molecule has 108 valence electrons. The van der Waals surface area contributed by atoms with Gasteiger partial charge in [-0.05, 0) is 36.4 Å². The molecule has 3 N–H and O–H groups in total. The first-order chi connectivity index (χ1) is 9.44. The lowest BCUT2D eigenvalue weighted by Crippen LogP contribution is -2.26. The van der Waals surface area contributed by atoms with E-state index >= 15 is 0 Å². The molecule has 7 heteroatoms. The maximum absolute atomic E-state index is 12.8. The summed E-state index contributed by atoms with van der Waals surface area (Å²) in [5.41, 5.74) is 0.780. The SMILES string of the molecule is NS(=O)(=O)CCNCc1ccc(-c2ccc(F)cc2)o1. The van der Waals surface area contributed by atoms with Gasteiger partial charge in [-0.2, -0.15) is 0 Å². The summed E-state index contributed by atoms with van der Waals surface area (Å²) >= 11 is 0. The van der Waals surface area contributed by atoms with E-state index in [0.717, 1.165) is 5.56 Å². The normalized spacial score (nSPS) is 11.7. The first-order valence-corrected chi connectivity index (χ1v) is 7.71. The van der Waals surface area contributed by atoms with Crippen LogP contribution >= 0.6 is 0 Å². The van der Waals surface area contributed by atoms with Gasteiger partial charge in [0.1, 0.15) is 17.3 Å². The second-order valence-corrected chi connectivity index (χ2v) is 6.05. The summed E-state index contributed by atoms with van der Waals surface area (Å²) < 4.78 is 39.9. The topological polar surface area (TPSA) is 85.3 Å². The van der Waals surface area contributed by atoms with Crippen molar-refractivity contribution in [3.8, 4) is 11.3 Å². The van der Waals surface area contributed by atoms with Crippen molar-refractivity contribution in [1.29, 1.82) is 0 Å². The molecular formula is C13H15FN2O3S. The van der Waals surface area contributed by atoms with Gasteiger partial charge in [-0.25, -0.2) is 17.9 Å². The van der Waals surface area contributed by atoms with E-state index in [2.05, 4.69) is 5.32 Å². The van der Waals surface area contributed by atoms with Crippen molar-refractivity contribution in [3.05, 3.63) is 48.0 Å². The zero-order chi connectivity index (χ0) is 14.6. The molecule has 0 unspecified atom stereocenters. The third kappa shape index (κ3) is 4.44. The van der Waals surface area contributed by atoms with Crippen molar-refractivity contribution in [2.24, 2.45) is 5.14 Å². The van der Waals surface area contributed by atoms with Gasteiger partial charge in [0.05, 0.1) is 12.3 Å². The number of primary sulfonamides is 1. The van der Waals surface area contributed by atoms with Crippen molar-refractivity contribution in [2.45, 2.75) is 6.54 Å². The van der Waals surface area contributed by atoms with E-state index in [9.17, 15) is 12.8 Å². The quantitative estimate of drug-likeness (QED) is 0.791. The Bertz CT molecular complexity index is 665. The standard InChI is InChI=1S/C13H15FN2O3S/c14-11-3-1-10(2-4-11)13-6-5-12(19-13)9-16-7-8-20(15,17)18/h1-6,16H,7-9H2,(H2,15,17,18). The van der Waals surface area contributed by atoms with Crippen LogP contribution in [0.5, 0.6) is 0 Å². The number of nitrogens with two attached hydrogens (primary N) is 1. The van der Waals surface area contributed by atoms with Gasteiger partial charge in [0.25, 0.3) is 0 Å². The van der Waals surface area contributed by atoms with Crippen molar-refractivity contribution < 1.29 is 17.2 Å². The summed E-state index contributed by atoms with van der Waals surface area (Å²) in [6, 6.07) is 9.55. The van der Waals surface area contributed by atoms with Crippen LogP contribution in [-0.4, -0.2) is 20.7 Å². The van der Waals surface area contributed by atoms with Crippen LogP contribution in [0.3, 0.4) is 0 Å². The average Bonchev–Trinajstić information content (AvgIpc) is 2.83. The number of nitrogens with one attached hydrogen (secondary N) is 1. The summed E-state index contributed by atoms with van der Waals surface area (Å²) in [6.07, 6.45) is 0. The lowest BCUT2D eigenvalue weighted by Gasteiger charge is -2.01. The summed E-state index contributed by atoms with van der Waals surface area (Å²) in [6.45, 7) is 0.655. The minimum atomic E-state index is -3.45. The van der Waals surface area contributed by atoms with Gasteiger partial charge in [0, 0.05) is 12.1 Å². The predicted octanol–water partition coefficient (Wildman–Crippen LogP) is 1.46. The van der Waals surface area contributed by atoms with Gasteiger partial charge in [0.15, 0.2) is 0 Å². The van der Waals surface area contributed by atoms with Gasteiger partial charge in [-0.3, -0.25) is 0 Å². The van der Waals surface area contributed by atoms with Gasteiger partial charge in [0.2, 0.25) is 10.0 Å². The van der Waals surface area contributed by atoms with Gasteiger partial charge < -0.3 is 9.73 Å². The first kappa shape index (κ1) is 14.7. The van der Waals surface area contributed by atoms with Crippen LogP contribution in [0, 0.1) is 5.82 Å². The molecule has 5 nitrogen and oxygen atoms in total. The van der Waals surface area contributed by atoms with Crippen LogP contribution in [0.4, 0.5) is 4.39 Å². The fourth-order valence-electron chi connectivity index (χ4n) is 1.67. The second-order valence-electron chi connectivity index (χ2n) is 4.32. The molecule has 0 saturated heterocycles. The smallest absolute Gasteiger partial charge is 0.210 e. The fourth-order valence-corrected chi connectivity index (χ4v) is 2.10. The number of hydrogen-bond donors (Lipinski definition) is 2. The molecule has 0 aliphatic rings. The van der Waals surface area contributed by atoms with Gasteiger partial charge in [-0.1, -0.05) is 0 Å². The number of sulfonamides is 1. The molecule has 0 fully saturated rings. The molecule has 20 heavy (non-hydrogen) atoms. The molecule has 0 bridgehead atoms. The molecule has 0 saturated carbocycles. The van der Waals surface area contributed by atoms with Crippen LogP contribution < -0.4 is 10.5 Å². The van der Waals surface area contributed by atoms with Crippen LogP contribution in [0.2, 0.25) is 0 Å². The van der Waals surface area contributed by atoms with Gasteiger partial charge in [-0.15, -0.1) is 0 Å². The number of rotatable bonds is 6. The van der Waals surface area contributed by atoms with E-state index in [1.54, 1.807) is 24.3 Å². The molecular weight excluding hydrogens is 283 g/mol. The Labute approximate surface area is 116 Å². The van der Waals surface area contributed by atoms with E-state index in [-0.39, 0.29) is 18.1 Å². The minimum Gasteiger partial charge on any atom is -0.460 e. The second kappa shape index (κ2) is 6.17. The Kier molecular flexibility index (Phi) is 4.53. The Morgan fingerprint density at radius 2 is 1.85 bits per heavy atom. The van der Waals surface area contributed by atoms with Crippen molar-refractivity contribution in [1.82, 2.24) is 5.32 Å². The van der Waals surface area contributed by atoms with E-state index < -0.39 is 10.0 Å². The Morgan fingerprint density at radius 3 is 2.50 bits per heavy atom. The molecule has 1 aromatic carbocycles. The molecule has 1 heterocycles. The Morgan fingerprint density at radius 1 is 1.15 bits per heavy atom. The Balaban J connectivity index is 1.91. The molecule has 2 aromatic rings. The number of hydrogen-bond acceptors (Lipinski definition) is 4. The average molecular weight is 298 g/mol. The third-order valence-corrected chi connectivity index (χ3v) is 3.43. The summed E-state index contributed by atoms with van der Waals surface area (Å²) in [4.78, 5) is 0. The Hall–Kier alpha value is -1.70. The van der Waals surface area contributed by atoms with Crippen LogP contribution in [-0.2, 0) is 16.6 Å². The first-order valence-electron chi connectivity index (χ1n) is 6.00. The highest BCUT2D eigenvalue weighted by Gasteiger charge is 2.06. The number of benzene rings is 1. The summed E-state index contributed by atoms with van der Waals surface area (Å²) in [7, 11) is -3.45. The molecule has 0 radical (unpaired) electrons. The largest absolute Gasteiger partial charge is 0.460 e. The molecule has 0 amide bonds. The lowest BCUT2D eigenvalue weighted by atomic mass is 10.2. The maximum atomic E-state index is 12.8. The molecule has 2 rings (SSSR count). The predicted molar refractivity (Wildman–Crippen MR) is 73.8 cm³/mol. The highest BCUT2D eigenvalue weighted by atomic mass is 32.2. The molecule has 1 aromatic heterocycles. The van der Waals surface area contributed by atoms with Crippen molar-refractivity contribution in [3.63, 3.8) is 0 Å². The lowest BCUT2D eigenvalue weighted by molar-refractivity contribution is 0.497. The number of halogens is 1. The summed E-state index contributed by atoms with van der Waals surface area (Å²) in [5, 5.41) is 7.80. The highest BCUT2D eigenvalue weighted by molar-refractivity contribution is 7.89. The maximum Gasteiger partial charge on any atom is 0.210 e. The molecule has 0 aliphatic carbocycles. The zero-order valence-corrected chi connectivity index (χ0v) is 11.5. The molecule has 0 aliphatic heterocycles. The highest BCUT2D eigenvalue weighted by Crippen LogP contribution is 2.22. The third-order valence-electron chi connectivity index (χ3n) is 2.65. The minimum absolute atomic E-state index is 0.126. The number of furan rings is 1. The van der Waals surface area contributed by atoms with Crippen LogP contribution in [0.15, 0.2) is 40.8 Å². The van der Waals surface area contributed by atoms with E-state index in [1.807, 2.05) is 0 Å².